The molecule has 188 valence electrons. The molecule has 35 heavy (non-hydrogen) atoms. The topological polar surface area (TPSA) is 86.4 Å². The van der Waals surface area contributed by atoms with E-state index in [9.17, 15) is 15.0 Å². The number of rotatable bonds is 10. The first-order valence-corrected chi connectivity index (χ1v) is 12.5. The van der Waals surface area contributed by atoms with Gasteiger partial charge in [0.2, 0.25) is 16.9 Å². The van der Waals surface area contributed by atoms with Gasteiger partial charge in [-0.2, -0.15) is 0 Å². The molecule has 0 unspecified atom stereocenters. The molecule has 2 aromatic carbocycles. The number of methoxy groups -OCH3 is 1. The summed E-state index contributed by atoms with van der Waals surface area (Å²) in [5.41, 5.74) is 1.34. The Morgan fingerprint density at radius 1 is 1.00 bits per heavy atom. The molecule has 0 saturated carbocycles. The number of nitrogens with zero attached hydrogens (tertiary/aromatic N) is 2. The van der Waals surface area contributed by atoms with Gasteiger partial charge in [-0.05, 0) is 76.5 Å². The largest absolute Gasteiger partial charge is 0.504 e. The fourth-order valence-corrected chi connectivity index (χ4v) is 4.75. The fourth-order valence-electron chi connectivity index (χ4n) is 4.75. The van der Waals surface area contributed by atoms with E-state index in [4.69, 9.17) is 9.15 Å². The van der Waals surface area contributed by atoms with Crippen molar-refractivity contribution in [1.29, 1.82) is 0 Å². The number of phenolic OH excluding ortho intramolecular Hbond substituents is 1. The number of ether oxygens (including phenoxy) is 1. The first-order valence-electron chi connectivity index (χ1n) is 12.5. The van der Waals surface area contributed by atoms with E-state index < -0.39 is 11.2 Å². The Bertz CT molecular complexity index is 1180. The Kier molecular flexibility index (Phi) is 8.31. The first-order chi connectivity index (χ1) is 17.0. The average molecular weight is 481 g/mol. The zero-order valence-electron chi connectivity index (χ0n) is 20.8. The number of aromatic hydroxyl groups is 2. The second-order valence-electron chi connectivity index (χ2n) is 9.46. The van der Waals surface area contributed by atoms with Gasteiger partial charge in [-0.1, -0.05) is 30.7 Å². The van der Waals surface area contributed by atoms with Crippen molar-refractivity contribution < 1.29 is 19.4 Å². The van der Waals surface area contributed by atoms with Crippen LogP contribution in [0.2, 0.25) is 0 Å². The molecule has 2 N–H and O–H groups in total. The zero-order valence-corrected chi connectivity index (χ0v) is 20.8. The number of aryl methyl sites for hydroxylation is 1. The van der Waals surface area contributed by atoms with Crippen LogP contribution in [0.5, 0.6) is 17.2 Å². The summed E-state index contributed by atoms with van der Waals surface area (Å²) in [5.74, 6) is -0.454. The van der Waals surface area contributed by atoms with Crippen molar-refractivity contribution in [2.45, 2.75) is 38.5 Å². The SMILES string of the molecule is COc1c(O)ccc2c(=O)c(O)c(-c3ccc(CCCCN(C)CCN4CCCCC4)cc3)oc12. The number of likely N-dealkylation sites (N-methyl/N-ethyl adjacent to an activating group) is 1. The summed E-state index contributed by atoms with van der Waals surface area (Å²) < 4.78 is 11.1. The Labute approximate surface area is 206 Å². The molecule has 2 heterocycles. The van der Waals surface area contributed by atoms with E-state index in [1.54, 1.807) is 0 Å². The van der Waals surface area contributed by atoms with Gasteiger partial charge in [0.15, 0.2) is 17.1 Å². The van der Waals surface area contributed by atoms with Crippen LogP contribution < -0.4 is 10.2 Å². The van der Waals surface area contributed by atoms with Gasteiger partial charge in [0.25, 0.3) is 0 Å². The lowest BCUT2D eigenvalue weighted by Gasteiger charge is -2.28. The summed E-state index contributed by atoms with van der Waals surface area (Å²) in [5, 5.41) is 20.7. The number of hydrogen-bond acceptors (Lipinski definition) is 7. The molecule has 1 saturated heterocycles. The molecule has 1 aromatic heterocycles. The minimum atomic E-state index is -0.562. The van der Waals surface area contributed by atoms with E-state index in [0.29, 0.717) is 5.56 Å². The van der Waals surface area contributed by atoms with E-state index in [1.807, 2.05) is 24.3 Å². The van der Waals surface area contributed by atoms with Crippen molar-refractivity contribution >= 4 is 11.0 Å². The molecule has 1 aliphatic heterocycles. The van der Waals surface area contributed by atoms with Crippen LogP contribution >= 0.6 is 0 Å². The summed E-state index contributed by atoms with van der Waals surface area (Å²) in [6, 6.07) is 10.4. The van der Waals surface area contributed by atoms with Gasteiger partial charge in [0.1, 0.15) is 0 Å². The van der Waals surface area contributed by atoms with Crippen LogP contribution in [0, 0.1) is 0 Å². The van der Waals surface area contributed by atoms with Gasteiger partial charge >= 0.3 is 0 Å². The van der Waals surface area contributed by atoms with Crippen LogP contribution in [0.15, 0.2) is 45.6 Å². The summed E-state index contributed by atoms with van der Waals surface area (Å²) in [7, 11) is 3.60. The standard InChI is InChI=1S/C28H36N2O5/c1-29(18-19-30-16-5-3-6-17-30)15-7-4-8-20-9-11-21(12-10-20)26-25(33)24(32)22-13-14-23(31)28(34-2)27(22)35-26/h9-14,31,33H,3-8,15-19H2,1-2H3. The molecule has 1 aliphatic rings. The van der Waals surface area contributed by atoms with Crippen molar-refractivity contribution in [3.63, 3.8) is 0 Å². The van der Waals surface area contributed by atoms with Gasteiger partial charge in [-0.3, -0.25) is 4.79 Å². The summed E-state index contributed by atoms with van der Waals surface area (Å²) in [6.45, 7) is 5.89. The third-order valence-corrected chi connectivity index (χ3v) is 6.89. The molecule has 0 bridgehead atoms. The van der Waals surface area contributed by atoms with Gasteiger partial charge < -0.3 is 29.2 Å². The highest BCUT2D eigenvalue weighted by Gasteiger charge is 2.20. The van der Waals surface area contributed by atoms with Crippen LogP contribution in [0.25, 0.3) is 22.3 Å². The molecular formula is C28H36N2O5. The number of benzene rings is 2. The predicted molar refractivity (Wildman–Crippen MR) is 139 cm³/mol. The smallest absolute Gasteiger partial charge is 0.235 e. The van der Waals surface area contributed by atoms with Crippen molar-refractivity contribution in [2.75, 3.05) is 46.9 Å². The summed E-state index contributed by atoms with van der Waals surface area (Å²) in [4.78, 5) is 17.7. The highest BCUT2D eigenvalue weighted by Crippen LogP contribution is 2.38. The number of likely N-dealkylation sites (tertiary alicyclic amines) is 1. The average Bonchev–Trinajstić information content (AvgIpc) is 2.88. The number of phenols is 1. The van der Waals surface area contributed by atoms with Crippen LogP contribution in [0.4, 0.5) is 0 Å². The van der Waals surface area contributed by atoms with Crippen molar-refractivity contribution in [1.82, 2.24) is 9.80 Å². The normalized spacial score (nSPS) is 14.6. The first kappa shape index (κ1) is 25.1. The zero-order chi connectivity index (χ0) is 24.8. The minimum Gasteiger partial charge on any atom is -0.504 e. The Balaban J connectivity index is 1.34. The summed E-state index contributed by atoms with van der Waals surface area (Å²) in [6.07, 6.45) is 7.27. The van der Waals surface area contributed by atoms with Gasteiger partial charge in [0.05, 0.1) is 12.5 Å². The maximum Gasteiger partial charge on any atom is 0.235 e. The molecule has 7 heteroatoms. The summed E-state index contributed by atoms with van der Waals surface area (Å²) >= 11 is 0. The molecular weight excluding hydrogens is 444 g/mol. The van der Waals surface area contributed by atoms with Crippen molar-refractivity contribution in [2.24, 2.45) is 0 Å². The van der Waals surface area contributed by atoms with Crippen molar-refractivity contribution in [3.05, 3.63) is 52.2 Å². The minimum absolute atomic E-state index is 0.0632. The molecule has 7 nitrogen and oxygen atoms in total. The maximum atomic E-state index is 12.7. The molecule has 1 fully saturated rings. The molecule has 0 aliphatic carbocycles. The van der Waals surface area contributed by atoms with E-state index in [-0.39, 0.29) is 28.2 Å². The lowest BCUT2D eigenvalue weighted by atomic mass is 10.0. The molecule has 0 radical (unpaired) electrons. The molecule has 0 spiro atoms. The second kappa shape index (κ2) is 11.6. The highest BCUT2D eigenvalue weighted by molar-refractivity contribution is 5.88. The Hall–Kier alpha value is -3.03. The third-order valence-electron chi connectivity index (χ3n) is 6.89. The van der Waals surface area contributed by atoms with Crippen LogP contribution in [-0.2, 0) is 6.42 Å². The van der Waals surface area contributed by atoms with E-state index in [2.05, 4.69) is 16.8 Å². The van der Waals surface area contributed by atoms with Gasteiger partial charge in [0, 0.05) is 18.7 Å². The maximum absolute atomic E-state index is 12.7. The van der Waals surface area contributed by atoms with Crippen molar-refractivity contribution in [3.8, 4) is 28.6 Å². The third kappa shape index (κ3) is 5.97. The second-order valence-corrected chi connectivity index (χ2v) is 9.46. The molecule has 0 atom stereocenters. The molecule has 3 aromatic rings. The number of hydrogen-bond donors (Lipinski definition) is 2. The lowest BCUT2D eigenvalue weighted by molar-refractivity contribution is 0.195. The number of unbranched alkanes of at least 4 members (excludes halogenated alkanes) is 1. The van der Waals surface area contributed by atoms with Gasteiger partial charge in [-0.25, -0.2) is 0 Å². The Morgan fingerprint density at radius 2 is 1.74 bits per heavy atom. The fraction of sp³-hybridized carbons (Fsp3) is 0.464. The molecule has 0 amide bonds. The van der Waals surface area contributed by atoms with Crippen LogP contribution in [0.1, 0.15) is 37.7 Å². The van der Waals surface area contributed by atoms with Crippen LogP contribution in [0.3, 0.4) is 0 Å². The number of fused-ring (bicyclic) bond motifs is 1. The van der Waals surface area contributed by atoms with E-state index >= 15 is 0 Å². The Morgan fingerprint density at radius 3 is 2.46 bits per heavy atom. The lowest BCUT2D eigenvalue weighted by Crippen LogP contribution is -2.36. The van der Waals surface area contributed by atoms with E-state index in [0.717, 1.165) is 32.4 Å². The molecule has 4 rings (SSSR count). The van der Waals surface area contributed by atoms with E-state index in [1.165, 1.54) is 63.7 Å². The predicted octanol–water partition coefficient (Wildman–Crippen LogP) is 4.62. The highest BCUT2D eigenvalue weighted by atomic mass is 16.5. The van der Waals surface area contributed by atoms with Gasteiger partial charge in [-0.15, -0.1) is 0 Å². The number of piperidine rings is 1. The quantitative estimate of drug-likeness (QED) is 0.410. The van der Waals surface area contributed by atoms with Crippen LogP contribution in [-0.4, -0.2) is 66.9 Å². The monoisotopic (exact) mass is 480 g/mol.